The first-order valence-corrected chi connectivity index (χ1v) is 6.79. The molecule has 0 radical (unpaired) electrons. The van der Waals surface area contributed by atoms with Crippen LogP contribution in [0.15, 0.2) is 16.7 Å². The highest BCUT2D eigenvalue weighted by Gasteiger charge is 2.49. The molecule has 3 rings (SSSR count). The van der Waals surface area contributed by atoms with E-state index in [0.717, 1.165) is 28.6 Å². The van der Waals surface area contributed by atoms with Gasteiger partial charge in [0.2, 0.25) is 0 Å². The van der Waals surface area contributed by atoms with Crippen LogP contribution in [0.3, 0.4) is 0 Å². The van der Waals surface area contributed by atoms with Gasteiger partial charge in [0.05, 0.1) is 5.69 Å². The van der Waals surface area contributed by atoms with E-state index in [1.54, 1.807) is 6.20 Å². The van der Waals surface area contributed by atoms with Crippen LogP contribution in [-0.2, 0) is 16.6 Å². The fraction of sp³-hybridized carbons (Fsp3) is 0.538. The molecule has 0 amide bonds. The third-order valence-electron chi connectivity index (χ3n) is 3.95. The normalized spacial score (nSPS) is 26.9. The molecule has 17 heavy (non-hydrogen) atoms. The Bertz CT molecular complexity index is 484. The molecule has 1 fully saturated rings. The lowest BCUT2D eigenvalue weighted by atomic mass is 9.80. The van der Waals surface area contributed by atoms with E-state index in [9.17, 15) is 9.90 Å². The maximum absolute atomic E-state index is 11.7. The molecular formula is C13H14BrNO2. The van der Waals surface area contributed by atoms with Gasteiger partial charge in [0.25, 0.3) is 0 Å². The summed E-state index contributed by atoms with van der Waals surface area (Å²) in [6, 6.07) is 2.01. The van der Waals surface area contributed by atoms with Gasteiger partial charge < -0.3 is 5.11 Å². The van der Waals surface area contributed by atoms with Gasteiger partial charge in [-0.25, -0.2) is 0 Å². The number of nitrogens with zero attached hydrogens (tertiary/aromatic N) is 1. The molecule has 1 aromatic heterocycles. The average Bonchev–Trinajstić information content (AvgIpc) is 3.01. The number of fused-ring (bicyclic) bond motifs is 1. The van der Waals surface area contributed by atoms with E-state index in [1.165, 1.54) is 12.8 Å². The van der Waals surface area contributed by atoms with Gasteiger partial charge in [-0.2, -0.15) is 0 Å². The molecule has 0 bridgehead atoms. The fourth-order valence-electron chi connectivity index (χ4n) is 2.88. The second-order valence-corrected chi connectivity index (χ2v) is 6.11. The minimum Gasteiger partial charge on any atom is -0.481 e. The van der Waals surface area contributed by atoms with Crippen molar-refractivity contribution >= 4 is 21.9 Å². The zero-order chi connectivity index (χ0) is 12.0. The summed E-state index contributed by atoms with van der Waals surface area (Å²) in [6.45, 7) is 0. The number of aryl methyl sites for hydroxylation is 1. The number of hydrogen-bond donors (Lipinski definition) is 1. The molecule has 3 nitrogen and oxygen atoms in total. The average molecular weight is 296 g/mol. The molecule has 4 heteroatoms. The van der Waals surface area contributed by atoms with Crippen molar-refractivity contribution in [2.24, 2.45) is 5.92 Å². The largest absolute Gasteiger partial charge is 0.481 e. The lowest BCUT2D eigenvalue weighted by Gasteiger charge is -2.24. The molecule has 2 aliphatic carbocycles. The predicted octanol–water partition coefficient (Wildman–Crippen LogP) is 2.91. The lowest BCUT2D eigenvalue weighted by Crippen LogP contribution is -2.34. The van der Waals surface area contributed by atoms with Crippen LogP contribution in [0.5, 0.6) is 0 Å². The maximum Gasteiger partial charge on any atom is 0.315 e. The van der Waals surface area contributed by atoms with Gasteiger partial charge in [-0.1, -0.05) is 12.8 Å². The van der Waals surface area contributed by atoms with E-state index in [1.807, 2.05) is 6.07 Å². The number of hydrogen-bond acceptors (Lipinski definition) is 2. The number of aliphatic carboxylic acids is 1. The SMILES string of the molecule is O=C(O)C1(CC2CC2)CCc2cc(Br)cnc21. The highest BCUT2D eigenvalue weighted by molar-refractivity contribution is 9.10. The van der Waals surface area contributed by atoms with Gasteiger partial charge in [0.15, 0.2) is 0 Å². The molecule has 0 saturated heterocycles. The van der Waals surface area contributed by atoms with E-state index >= 15 is 0 Å². The van der Waals surface area contributed by atoms with Gasteiger partial charge in [-0.15, -0.1) is 0 Å². The van der Waals surface area contributed by atoms with Crippen LogP contribution in [0.1, 0.15) is 36.9 Å². The van der Waals surface area contributed by atoms with Gasteiger partial charge >= 0.3 is 5.97 Å². The Balaban J connectivity index is 2.04. The molecule has 1 unspecified atom stereocenters. The Hall–Kier alpha value is -0.900. The van der Waals surface area contributed by atoms with Crippen LogP contribution < -0.4 is 0 Å². The summed E-state index contributed by atoms with van der Waals surface area (Å²) < 4.78 is 0.934. The second-order valence-electron chi connectivity index (χ2n) is 5.20. The first kappa shape index (κ1) is 11.2. The number of rotatable bonds is 3. The smallest absolute Gasteiger partial charge is 0.315 e. The molecule has 1 heterocycles. The van der Waals surface area contributed by atoms with E-state index in [4.69, 9.17) is 0 Å². The Morgan fingerprint density at radius 2 is 2.35 bits per heavy atom. The van der Waals surface area contributed by atoms with Crippen molar-refractivity contribution in [3.05, 3.63) is 28.0 Å². The molecule has 1 saturated carbocycles. The highest BCUT2D eigenvalue weighted by Crippen LogP contribution is 2.48. The molecule has 1 atom stereocenters. The third kappa shape index (κ3) is 1.79. The Kier molecular flexibility index (Phi) is 2.51. The molecule has 0 aromatic carbocycles. The Labute approximate surface area is 108 Å². The standard InChI is InChI=1S/C13H14BrNO2/c14-10-5-9-3-4-13(12(16)17,6-8-1-2-8)11(9)15-7-10/h5,7-8H,1-4,6H2,(H,16,17). The second kappa shape index (κ2) is 3.80. The molecule has 1 N–H and O–H groups in total. The van der Waals surface area contributed by atoms with Crippen molar-refractivity contribution in [1.82, 2.24) is 4.98 Å². The van der Waals surface area contributed by atoms with Gasteiger partial charge in [-0.3, -0.25) is 9.78 Å². The topological polar surface area (TPSA) is 50.2 Å². The van der Waals surface area contributed by atoms with Gasteiger partial charge in [-0.05, 0) is 52.7 Å². The minimum atomic E-state index is -0.711. The summed E-state index contributed by atoms with van der Waals surface area (Å²) >= 11 is 3.39. The molecule has 0 spiro atoms. The van der Waals surface area contributed by atoms with Crippen molar-refractivity contribution in [3.8, 4) is 0 Å². The highest BCUT2D eigenvalue weighted by atomic mass is 79.9. The molecule has 90 valence electrons. The van der Waals surface area contributed by atoms with Gasteiger partial charge in [0, 0.05) is 10.7 Å². The van der Waals surface area contributed by atoms with Gasteiger partial charge in [0.1, 0.15) is 5.41 Å². The van der Waals surface area contributed by atoms with Crippen LogP contribution in [0, 0.1) is 5.92 Å². The molecule has 0 aliphatic heterocycles. The summed E-state index contributed by atoms with van der Waals surface area (Å²) in [5.41, 5.74) is 1.19. The maximum atomic E-state index is 11.7. The third-order valence-corrected chi connectivity index (χ3v) is 4.38. The van der Waals surface area contributed by atoms with E-state index in [-0.39, 0.29) is 0 Å². The monoisotopic (exact) mass is 295 g/mol. The zero-order valence-electron chi connectivity index (χ0n) is 9.45. The quantitative estimate of drug-likeness (QED) is 0.933. The van der Waals surface area contributed by atoms with Crippen LogP contribution in [-0.4, -0.2) is 16.1 Å². The number of carboxylic acid groups (broad SMARTS) is 1. The number of pyridine rings is 1. The van der Waals surface area contributed by atoms with Crippen LogP contribution >= 0.6 is 15.9 Å². The zero-order valence-corrected chi connectivity index (χ0v) is 11.0. The molecule has 1 aromatic rings. The summed E-state index contributed by atoms with van der Waals surface area (Å²) in [4.78, 5) is 16.1. The van der Waals surface area contributed by atoms with Crippen LogP contribution in [0.2, 0.25) is 0 Å². The molecule has 2 aliphatic rings. The summed E-state index contributed by atoms with van der Waals surface area (Å²) in [7, 11) is 0. The first-order chi connectivity index (χ1) is 8.12. The van der Waals surface area contributed by atoms with E-state index in [0.29, 0.717) is 12.3 Å². The summed E-state index contributed by atoms with van der Waals surface area (Å²) in [5, 5.41) is 9.60. The van der Waals surface area contributed by atoms with Crippen LogP contribution in [0.4, 0.5) is 0 Å². The Morgan fingerprint density at radius 1 is 1.59 bits per heavy atom. The van der Waals surface area contributed by atoms with Crippen molar-refractivity contribution in [2.75, 3.05) is 0 Å². The fourth-order valence-corrected chi connectivity index (χ4v) is 3.26. The number of carboxylic acids is 1. The summed E-state index contributed by atoms with van der Waals surface area (Å²) in [6.07, 6.45) is 6.39. The first-order valence-electron chi connectivity index (χ1n) is 6.00. The van der Waals surface area contributed by atoms with Crippen molar-refractivity contribution < 1.29 is 9.90 Å². The Morgan fingerprint density at radius 3 is 3.00 bits per heavy atom. The predicted molar refractivity (Wildman–Crippen MR) is 66.9 cm³/mol. The van der Waals surface area contributed by atoms with E-state index in [2.05, 4.69) is 20.9 Å². The van der Waals surface area contributed by atoms with Crippen LogP contribution in [0.25, 0.3) is 0 Å². The number of halogens is 1. The summed E-state index contributed by atoms with van der Waals surface area (Å²) in [5.74, 6) is -0.0968. The minimum absolute atomic E-state index is 0.600. The van der Waals surface area contributed by atoms with Crippen molar-refractivity contribution in [3.63, 3.8) is 0 Å². The molecular weight excluding hydrogens is 282 g/mol. The van der Waals surface area contributed by atoms with E-state index < -0.39 is 11.4 Å². The van der Waals surface area contributed by atoms with Crippen molar-refractivity contribution in [2.45, 2.75) is 37.5 Å². The van der Waals surface area contributed by atoms with Crippen molar-refractivity contribution in [1.29, 1.82) is 0 Å². The number of carbonyl (C=O) groups is 1. The lowest BCUT2D eigenvalue weighted by molar-refractivity contribution is -0.144. The number of aromatic nitrogens is 1.